The van der Waals surface area contributed by atoms with Gasteiger partial charge in [-0.2, -0.15) is 11.8 Å². The van der Waals surface area contributed by atoms with Crippen LogP contribution in [0.25, 0.3) is 0 Å². The minimum atomic E-state index is -0.380. The second kappa shape index (κ2) is 12.5. The molecule has 0 atom stereocenters. The van der Waals surface area contributed by atoms with Crippen molar-refractivity contribution in [1.29, 1.82) is 0 Å². The lowest BCUT2D eigenvalue weighted by Gasteiger charge is -2.34. The molecule has 8 nitrogen and oxygen atoms in total. The zero-order valence-electron chi connectivity index (χ0n) is 18.4. The number of hydrogen-bond donors (Lipinski definition) is 1. The number of piperazine rings is 1. The predicted molar refractivity (Wildman–Crippen MR) is 132 cm³/mol. The third-order valence-corrected chi connectivity index (χ3v) is 7.02. The van der Waals surface area contributed by atoms with Gasteiger partial charge in [0.2, 0.25) is 5.95 Å². The van der Waals surface area contributed by atoms with E-state index in [4.69, 9.17) is 9.72 Å². The average molecular weight is 485 g/mol. The zero-order chi connectivity index (χ0) is 22.7. The highest BCUT2D eigenvalue weighted by Gasteiger charge is 2.19. The Labute approximate surface area is 202 Å². The Morgan fingerprint density at radius 2 is 1.88 bits per heavy atom. The van der Waals surface area contributed by atoms with Gasteiger partial charge in [0.1, 0.15) is 11.6 Å². The van der Waals surface area contributed by atoms with E-state index >= 15 is 0 Å². The summed E-state index contributed by atoms with van der Waals surface area (Å²) < 4.78 is 5.22. The number of nitrogens with zero attached hydrogens (tertiary/aromatic N) is 5. The Hall–Kier alpha value is -2.69. The maximum absolute atomic E-state index is 11.8. The molecule has 10 heteroatoms. The molecule has 0 aliphatic carbocycles. The average Bonchev–Trinajstić information content (AvgIpc) is 3.31. The summed E-state index contributed by atoms with van der Waals surface area (Å²) >= 11 is 3.48. The molecule has 1 amide bonds. The number of anilines is 1. The highest BCUT2D eigenvalue weighted by molar-refractivity contribution is 7.98. The molecule has 174 valence electrons. The van der Waals surface area contributed by atoms with Crippen LogP contribution in [0.15, 0.2) is 54.2 Å². The summed E-state index contributed by atoms with van der Waals surface area (Å²) in [6, 6.07) is 11.5. The quantitative estimate of drug-likeness (QED) is 0.439. The molecule has 0 radical (unpaired) electrons. The van der Waals surface area contributed by atoms with E-state index in [1.54, 1.807) is 35.5 Å². The van der Waals surface area contributed by atoms with E-state index in [-0.39, 0.29) is 12.7 Å². The van der Waals surface area contributed by atoms with Crippen LogP contribution in [-0.2, 0) is 23.6 Å². The van der Waals surface area contributed by atoms with E-state index in [2.05, 4.69) is 30.5 Å². The van der Waals surface area contributed by atoms with Gasteiger partial charge in [0.25, 0.3) is 0 Å². The van der Waals surface area contributed by atoms with Gasteiger partial charge < -0.3 is 15.0 Å². The van der Waals surface area contributed by atoms with Gasteiger partial charge in [-0.3, -0.25) is 4.90 Å². The van der Waals surface area contributed by atoms with Crippen LogP contribution in [0.3, 0.4) is 0 Å². The summed E-state index contributed by atoms with van der Waals surface area (Å²) in [4.78, 5) is 29.9. The van der Waals surface area contributed by atoms with Gasteiger partial charge >= 0.3 is 6.09 Å². The maximum atomic E-state index is 11.8. The first-order valence-electron chi connectivity index (χ1n) is 11.0. The highest BCUT2D eigenvalue weighted by Crippen LogP contribution is 2.18. The highest BCUT2D eigenvalue weighted by atomic mass is 32.2. The third-order valence-electron chi connectivity index (χ3n) is 5.14. The van der Waals surface area contributed by atoms with Crippen molar-refractivity contribution in [3.63, 3.8) is 0 Å². The minimum absolute atomic E-state index is 0.288. The minimum Gasteiger partial charge on any atom is -0.445 e. The van der Waals surface area contributed by atoms with E-state index in [1.807, 2.05) is 36.4 Å². The molecule has 2 aromatic heterocycles. The van der Waals surface area contributed by atoms with Crippen LogP contribution < -0.4 is 10.2 Å². The lowest BCUT2D eigenvalue weighted by molar-refractivity contribution is 0.140. The van der Waals surface area contributed by atoms with Crippen LogP contribution in [0.5, 0.6) is 0 Å². The van der Waals surface area contributed by atoms with Crippen molar-refractivity contribution in [2.75, 3.05) is 43.4 Å². The van der Waals surface area contributed by atoms with Gasteiger partial charge in [-0.1, -0.05) is 30.3 Å². The van der Waals surface area contributed by atoms with Crippen molar-refractivity contribution in [1.82, 2.24) is 25.2 Å². The van der Waals surface area contributed by atoms with Gasteiger partial charge in [-0.15, -0.1) is 11.3 Å². The summed E-state index contributed by atoms with van der Waals surface area (Å²) in [5, 5.41) is 6.08. The Bertz CT molecular complexity index is 981. The van der Waals surface area contributed by atoms with Crippen LogP contribution in [0.4, 0.5) is 10.7 Å². The standard InChI is InChI=1S/C23H28N6O2S2/c30-23(31-16-19-5-2-1-3-6-19)26-9-14-32-17-20-18-33-21(27-20)15-28-10-12-29(13-11-28)22-24-7-4-8-25-22/h1-8,18H,9-17H2,(H,26,30). The fraction of sp³-hybridized carbons (Fsp3) is 0.391. The summed E-state index contributed by atoms with van der Waals surface area (Å²) in [5.74, 6) is 2.47. The van der Waals surface area contributed by atoms with Crippen LogP contribution in [0.1, 0.15) is 16.3 Å². The lowest BCUT2D eigenvalue weighted by Crippen LogP contribution is -2.46. The van der Waals surface area contributed by atoms with E-state index in [0.717, 1.165) is 66.4 Å². The molecular weight excluding hydrogens is 456 g/mol. The lowest BCUT2D eigenvalue weighted by atomic mass is 10.2. The Morgan fingerprint density at radius 1 is 1.09 bits per heavy atom. The second-order valence-electron chi connectivity index (χ2n) is 7.59. The molecule has 1 aromatic carbocycles. The van der Waals surface area contributed by atoms with Gasteiger partial charge in [-0.25, -0.2) is 19.7 Å². The first-order chi connectivity index (χ1) is 16.3. The molecule has 0 unspecified atom stereocenters. The smallest absolute Gasteiger partial charge is 0.407 e. The molecular formula is C23H28N6O2S2. The molecule has 0 spiro atoms. The van der Waals surface area contributed by atoms with E-state index in [0.29, 0.717) is 6.54 Å². The second-order valence-corrected chi connectivity index (χ2v) is 9.63. The van der Waals surface area contributed by atoms with Crippen molar-refractivity contribution in [2.24, 2.45) is 0 Å². The molecule has 1 fully saturated rings. The molecule has 3 aromatic rings. The number of nitrogens with one attached hydrogen (secondary N) is 1. The molecule has 1 N–H and O–H groups in total. The van der Waals surface area contributed by atoms with Gasteiger partial charge in [0.15, 0.2) is 0 Å². The normalized spacial score (nSPS) is 14.2. The number of alkyl carbamates (subject to hydrolysis) is 1. The molecule has 1 saturated heterocycles. The first kappa shape index (κ1) is 23.5. The molecule has 4 rings (SSSR count). The van der Waals surface area contributed by atoms with Crippen molar-refractivity contribution in [3.05, 3.63) is 70.4 Å². The van der Waals surface area contributed by atoms with E-state index < -0.39 is 0 Å². The molecule has 33 heavy (non-hydrogen) atoms. The number of thioether (sulfide) groups is 1. The Kier molecular flexibility index (Phi) is 8.91. The van der Waals surface area contributed by atoms with Crippen LogP contribution in [-0.4, -0.2) is 64.4 Å². The van der Waals surface area contributed by atoms with Crippen LogP contribution in [0.2, 0.25) is 0 Å². The third kappa shape index (κ3) is 7.69. The first-order valence-corrected chi connectivity index (χ1v) is 13.0. The number of thiazole rings is 1. The van der Waals surface area contributed by atoms with Crippen molar-refractivity contribution in [2.45, 2.75) is 18.9 Å². The summed E-state index contributed by atoms with van der Waals surface area (Å²) in [5.41, 5.74) is 2.08. The SMILES string of the molecule is O=C(NCCSCc1csc(CN2CCN(c3ncccn3)CC2)n1)OCc1ccccc1. The topological polar surface area (TPSA) is 83.5 Å². The number of carbonyl (C=O) groups is 1. The van der Waals surface area contributed by atoms with E-state index in [1.165, 1.54) is 0 Å². The van der Waals surface area contributed by atoms with Gasteiger partial charge in [0, 0.05) is 62.0 Å². The number of hydrogen-bond acceptors (Lipinski definition) is 9. The number of ether oxygens (including phenoxy) is 1. The fourth-order valence-electron chi connectivity index (χ4n) is 3.42. The largest absolute Gasteiger partial charge is 0.445 e. The molecule has 1 aliphatic rings. The predicted octanol–water partition coefficient (Wildman–Crippen LogP) is 3.41. The van der Waals surface area contributed by atoms with Crippen LogP contribution >= 0.6 is 23.1 Å². The number of rotatable bonds is 10. The summed E-state index contributed by atoms with van der Waals surface area (Å²) in [7, 11) is 0. The number of amides is 1. The fourth-order valence-corrected chi connectivity index (χ4v) is 5.10. The van der Waals surface area contributed by atoms with Crippen molar-refractivity contribution in [3.8, 4) is 0 Å². The van der Waals surface area contributed by atoms with E-state index in [9.17, 15) is 4.79 Å². The monoisotopic (exact) mass is 484 g/mol. The van der Waals surface area contributed by atoms with Crippen molar-refractivity contribution < 1.29 is 9.53 Å². The Balaban J connectivity index is 1.08. The molecule has 3 heterocycles. The van der Waals surface area contributed by atoms with Gasteiger partial charge in [-0.05, 0) is 11.6 Å². The zero-order valence-corrected chi connectivity index (χ0v) is 20.1. The molecule has 1 aliphatic heterocycles. The number of aromatic nitrogens is 3. The molecule has 0 bridgehead atoms. The van der Waals surface area contributed by atoms with Gasteiger partial charge in [0.05, 0.1) is 12.2 Å². The Morgan fingerprint density at radius 3 is 2.67 bits per heavy atom. The molecule has 0 saturated carbocycles. The number of carbonyl (C=O) groups excluding carboxylic acids is 1. The summed E-state index contributed by atoms with van der Waals surface area (Å²) in [6.07, 6.45) is 3.20. The van der Waals surface area contributed by atoms with Crippen molar-refractivity contribution >= 4 is 35.1 Å². The summed E-state index contributed by atoms with van der Waals surface area (Å²) in [6.45, 7) is 5.56. The number of benzene rings is 1. The maximum Gasteiger partial charge on any atom is 0.407 e. The van der Waals surface area contributed by atoms with Crippen LogP contribution in [0, 0.1) is 0 Å².